The average molecular weight is 343 g/mol. The zero-order valence-electron chi connectivity index (χ0n) is 13.9. The van der Waals surface area contributed by atoms with Gasteiger partial charge in [0.05, 0.1) is 16.5 Å². The highest BCUT2D eigenvalue weighted by Crippen LogP contribution is 2.19. The van der Waals surface area contributed by atoms with E-state index in [0.29, 0.717) is 25.2 Å². The van der Waals surface area contributed by atoms with Gasteiger partial charge in [0.25, 0.3) is 0 Å². The quantitative estimate of drug-likeness (QED) is 0.774. The van der Waals surface area contributed by atoms with Crippen LogP contribution < -0.4 is 0 Å². The van der Waals surface area contributed by atoms with Crippen LogP contribution in [0.1, 0.15) is 11.1 Å². The SMILES string of the molecule is CN(C)CCN(Cc1ccccc1)S(=O)(=O)c1ccc(C#N)cc1. The number of nitrogens with zero attached hydrogens (tertiary/aromatic N) is 3. The Morgan fingerprint density at radius 1 is 0.958 bits per heavy atom. The zero-order valence-corrected chi connectivity index (χ0v) is 14.7. The fourth-order valence-electron chi connectivity index (χ4n) is 2.23. The predicted octanol–water partition coefficient (Wildman–Crippen LogP) is 2.31. The number of hydrogen-bond acceptors (Lipinski definition) is 4. The fourth-order valence-corrected chi connectivity index (χ4v) is 3.65. The van der Waals surface area contributed by atoms with Gasteiger partial charge in [-0.15, -0.1) is 0 Å². The highest BCUT2D eigenvalue weighted by Gasteiger charge is 2.24. The lowest BCUT2D eigenvalue weighted by molar-refractivity contribution is 0.329. The topological polar surface area (TPSA) is 64.4 Å². The lowest BCUT2D eigenvalue weighted by Crippen LogP contribution is -2.36. The molecule has 126 valence electrons. The van der Waals surface area contributed by atoms with Gasteiger partial charge >= 0.3 is 0 Å². The van der Waals surface area contributed by atoms with Crippen LogP contribution in [0.25, 0.3) is 0 Å². The molecular formula is C18H21N3O2S. The Bertz CT molecular complexity index is 794. The Morgan fingerprint density at radius 2 is 1.58 bits per heavy atom. The zero-order chi connectivity index (χ0) is 17.6. The van der Waals surface area contributed by atoms with Crippen LogP contribution in [-0.2, 0) is 16.6 Å². The predicted molar refractivity (Wildman–Crippen MR) is 93.7 cm³/mol. The van der Waals surface area contributed by atoms with Crippen LogP contribution in [0.3, 0.4) is 0 Å². The number of likely N-dealkylation sites (N-methyl/N-ethyl adjacent to an activating group) is 1. The molecule has 0 amide bonds. The van der Waals surface area contributed by atoms with Gasteiger partial charge in [-0.2, -0.15) is 9.57 Å². The first kappa shape index (κ1) is 18.1. The van der Waals surface area contributed by atoms with E-state index in [1.54, 1.807) is 0 Å². The monoisotopic (exact) mass is 343 g/mol. The van der Waals surface area contributed by atoms with Crippen LogP contribution in [0, 0.1) is 11.3 Å². The van der Waals surface area contributed by atoms with Crippen LogP contribution in [0.4, 0.5) is 0 Å². The van der Waals surface area contributed by atoms with Crippen molar-refractivity contribution in [3.8, 4) is 6.07 Å². The molecular weight excluding hydrogens is 322 g/mol. The maximum atomic E-state index is 13.0. The van der Waals surface area contributed by atoms with Crippen LogP contribution in [-0.4, -0.2) is 44.8 Å². The van der Waals surface area contributed by atoms with E-state index in [1.807, 2.05) is 55.4 Å². The summed E-state index contributed by atoms with van der Waals surface area (Å²) in [6.07, 6.45) is 0. The molecule has 0 fully saturated rings. The van der Waals surface area contributed by atoms with Gasteiger partial charge in [0.2, 0.25) is 10.0 Å². The average Bonchev–Trinajstić information content (AvgIpc) is 2.59. The molecule has 2 aromatic rings. The molecule has 0 heterocycles. The summed E-state index contributed by atoms with van der Waals surface area (Å²) in [5, 5.41) is 8.87. The number of hydrogen-bond donors (Lipinski definition) is 0. The van der Waals surface area contributed by atoms with Gasteiger partial charge in [-0.05, 0) is 43.9 Å². The molecule has 0 saturated heterocycles. The molecule has 2 aromatic carbocycles. The van der Waals surface area contributed by atoms with E-state index in [2.05, 4.69) is 0 Å². The van der Waals surface area contributed by atoms with Gasteiger partial charge in [-0.3, -0.25) is 0 Å². The molecule has 0 aliphatic carbocycles. The Hall–Kier alpha value is -2.20. The van der Waals surface area contributed by atoms with Crippen molar-refractivity contribution in [2.45, 2.75) is 11.4 Å². The summed E-state index contributed by atoms with van der Waals surface area (Å²) in [5.74, 6) is 0. The van der Waals surface area contributed by atoms with Crippen LogP contribution in [0.5, 0.6) is 0 Å². The van der Waals surface area contributed by atoms with Crippen LogP contribution in [0.2, 0.25) is 0 Å². The van der Waals surface area contributed by atoms with Gasteiger partial charge in [-0.1, -0.05) is 30.3 Å². The Kier molecular flexibility index (Phi) is 6.10. The molecule has 0 bridgehead atoms. The lowest BCUT2D eigenvalue weighted by Gasteiger charge is -2.24. The minimum absolute atomic E-state index is 0.205. The maximum absolute atomic E-state index is 13.0. The van der Waals surface area contributed by atoms with Gasteiger partial charge in [0.1, 0.15) is 0 Å². The Balaban J connectivity index is 2.30. The highest BCUT2D eigenvalue weighted by molar-refractivity contribution is 7.89. The summed E-state index contributed by atoms with van der Waals surface area (Å²) in [4.78, 5) is 2.16. The second-order valence-corrected chi connectivity index (χ2v) is 7.70. The minimum Gasteiger partial charge on any atom is -0.308 e. The smallest absolute Gasteiger partial charge is 0.243 e. The standard InChI is InChI=1S/C18H21N3O2S/c1-20(2)12-13-21(15-17-6-4-3-5-7-17)24(22,23)18-10-8-16(14-19)9-11-18/h3-11H,12-13,15H2,1-2H3. The van der Waals surface area contributed by atoms with Crippen molar-refractivity contribution in [2.24, 2.45) is 0 Å². The molecule has 0 atom stereocenters. The molecule has 5 nitrogen and oxygen atoms in total. The molecule has 2 rings (SSSR count). The van der Waals surface area contributed by atoms with Crippen LogP contribution in [0.15, 0.2) is 59.5 Å². The molecule has 0 aromatic heterocycles. The molecule has 0 radical (unpaired) electrons. The summed E-state index contributed by atoms with van der Waals surface area (Å²) < 4.78 is 27.4. The lowest BCUT2D eigenvalue weighted by atomic mass is 10.2. The summed E-state index contributed by atoms with van der Waals surface area (Å²) in [5.41, 5.74) is 1.38. The summed E-state index contributed by atoms with van der Waals surface area (Å²) in [7, 11) is 0.201. The van der Waals surface area contributed by atoms with E-state index < -0.39 is 10.0 Å². The number of benzene rings is 2. The summed E-state index contributed by atoms with van der Waals surface area (Å²) in [6.45, 7) is 1.34. The van der Waals surface area contributed by atoms with E-state index in [4.69, 9.17) is 5.26 Å². The van der Waals surface area contributed by atoms with Gasteiger partial charge < -0.3 is 4.90 Å². The largest absolute Gasteiger partial charge is 0.308 e. The number of sulfonamides is 1. The first-order chi connectivity index (χ1) is 11.4. The van der Waals surface area contributed by atoms with E-state index in [-0.39, 0.29) is 4.90 Å². The third-order valence-corrected chi connectivity index (χ3v) is 5.48. The summed E-state index contributed by atoms with van der Waals surface area (Å²) >= 11 is 0. The summed E-state index contributed by atoms with van der Waals surface area (Å²) in [6, 6.07) is 17.6. The highest BCUT2D eigenvalue weighted by atomic mass is 32.2. The molecule has 24 heavy (non-hydrogen) atoms. The fraction of sp³-hybridized carbons (Fsp3) is 0.278. The Labute approximate surface area is 143 Å². The molecule has 0 aliphatic rings. The van der Waals surface area contributed by atoms with Gasteiger partial charge in [0.15, 0.2) is 0 Å². The normalized spacial score (nSPS) is 11.6. The van der Waals surface area contributed by atoms with Gasteiger partial charge in [-0.25, -0.2) is 8.42 Å². The maximum Gasteiger partial charge on any atom is 0.243 e. The van der Waals surface area contributed by atoms with Crippen molar-refractivity contribution in [2.75, 3.05) is 27.2 Å². The van der Waals surface area contributed by atoms with Crippen molar-refractivity contribution in [1.82, 2.24) is 9.21 Å². The third-order valence-electron chi connectivity index (χ3n) is 3.62. The van der Waals surface area contributed by atoms with Gasteiger partial charge in [0, 0.05) is 19.6 Å². The minimum atomic E-state index is -3.62. The van der Waals surface area contributed by atoms with E-state index in [9.17, 15) is 8.42 Å². The number of rotatable bonds is 7. The van der Waals surface area contributed by atoms with E-state index in [1.165, 1.54) is 28.6 Å². The Morgan fingerprint density at radius 3 is 2.12 bits per heavy atom. The molecule has 6 heteroatoms. The molecule has 0 unspecified atom stereocenters. The molecule has 0 saturated carbocycles. The van der Waals surface area contributed by atoms with Crippen molar-refractivity contribution < 1.29 is 8.42 Å². The van der Waals surface area contributed by atoms with Crippen molar-refractivity contribution >= 4 is 10.0 Å². The van der Waals surface area contributed by atoms with Crippen LogP contribution >= 0.6 is 0 Å². The van der Waals surface area contributed by atoms with E-state index in [0.717, 1.165) is 5.56 Å². The second-order valence-electron chi connectivity index (χ2n) is 5.76. The molecule has 0 aliphatic heterocycles. The molecule has 0 spiro atoms. The first-order valence-electron chi connectivity index (χ1n) is 7.62. The van der Waals surface area contributed by atoms with Crippen molar-refractivity contribution in [1.29, 1.82) is 5.26 Å². The third kappa shape index (κ3) is 4.65. The molecule has 0 N–H and O–H groups in total. The van der Waals surface area contributed by atoms with Crippen molar-refractivity contribution in [3.05, 3.63) is 65.7 Å². The second kappa shape index (κ2) is 8.06. The van der Waals surface area contributed by atoms with E-state index >= 15 is 0 Å². The number of nitriles is 1. The first-order valence-corrected chi connectivity index (χ1v) is 9.06. The van der Waals surface area contributed by atoms with Crippen molar-refractivity contribution in [3.63, 3.8) is 0 Å².